The molecule has 1 N–H and O–H groups in total. The summed E-state index contributed by atoms with van der Waals surface area (Å²) in [6.07, 6.45) is 3.49. The van der Waals surface area contributed by atoms with Gasteiger partial charge in [0.2, 0.25) is 0 Å². The highest BCUT2D eigenvalue weighted by Crippen LogP contribution is 2.54. The van der Waals surface area contributed by atoms with Gasteiger partial charge in [-0.05, 0) is 79.9 Å². The lowest BCUT2D eigenvalue weighted by Crippen LogP contribution is -2.67. The average molecular weight is 459 g/mol. The van der Waals surface area contributed by atoms with Gasteiger partial charge in [0.15, 0.2) is 0 Å². The summed E-state index contributed by atoms with van der Waals surface area (Å²) >= 11 is 0. The van der Waals surface area contributed by atoms with Gasteiger partial charge in [-0.1, -0.05) is 42.5 Å². The third-order valence-electron chi connectivity index (χ3n) is 8.44. The molecule has 5 nitrogen and oxygen atoms in total. The summed E-state index contributed by atoms with van der Waals surface area (Å²) in [5, 5.41) is 12.5. The number of ether oxygens (including phenoxy) is 1. The molecular formula is C29H34N2O3. The molecule has 1 heterocycles. The SMILES string of the molecule is COC12CCC(N(C)C(=O)c3ccc4ccccc4c3)CC1(c1cccc(O)c1)CCN(C)C2. The Morgan fingerprint density at radius 3 is 2.62 bits per heavy atom. The minimum absolute atomic E-state index is 0.0552. The van der Waals surface area contributed by atoms with Crippen molar-refractivity contribution in [2.45, 2.75) is 42.7 Å². The molecule has 3 unspecified atom stereocenters. The van der Waals surface area contributed by atoms with Crippen molar-refractivity contribution in [1.29, 1.82) is 0 Å². The maximum Gasteiger partial charge on any atom is 0.253 e. The zero-order chi connectivity index (χ0) is 23.9. The van der Waals surface area contributed by atoms with Gasteiger partial charge in [0.25, 0.3) is 5.91 Å². The highest BCUT2D eigenvalue weighted by atomic mass is 16.5. The van der Waals surface area contributed by atoms with E-state index in [9.17, 15) is 9.90 Å². The maximum absolute atomic E-state index is 13.6. The number of piperidine rings is 1. The zero-order valence-corrected chi connectivity index (χ0v) is 20.3. The van der Waals surface area contributed by atoms with E-state index in [0.717, 1.165) is 60.7 Å². The molecule has 3 aromatic rings. The van der Waals surface area contributed by atoms with Crippen molar-refractivity contribution in [1.82, 2.24) is 9.80 Å². The second-order valence-electron chi connectivity index (χ2n) is 10.2. The Kier molecular flexibility index (Phi) is 5.86. The van der Waals surface area contributed by atoms with E-state index >= 15 is 0 Å². The predicted octanol–water partition coefficient (Wildman–Crippen LogP) is 4.83. The van der Waals surface area contributed by atoms with Crippen molar-refractivity contribution in [3.05, 3.63) is 77.9 Å². The Hall–Kier alpha value is -2.89. The Morgan fingerprint density at radius 2 is 1.85 bits per heavy atom. The molecule has 2 fully saturated rings. The number of fused-ring (bicyclic) bond motifs is 2. The third-order valence-corrected chi connectivity index (χ3v) is 8.44. The lowest BCUT2D eigenvalue weighted by atomic mass is 9.55. The minimum atomic E-state index is -0.350. The largest absolute Gasteiger partial charge is 0.508 e. The highest BCUT2D eigenvalue weighted by Gasteiger charge is 2.59. The topological polar surface area (TPSA) is 53.0 Å². The molecule has 0 bridgehead atoms. The van der Waals surface area contributed by atoms with Crippen LogP contribution in [0.4, 0.5) is 0 Å². The predicted molar refractivity (Wildman–Crippen MR) is 135 cm³/mol. The number of nitrogens with zero attached hydrogens (tertiary/aromatic N) is 2. The molecule has 5 rings (SSSR count). The molecule has 3 aromatic carbocycles. The van der Waals surface area contributed by atoms with Crippen LogP contribution < -0.4 is 0 Å². The van der Waals surface area contributed by atoms with Crippen LogP contribution in [0.15, 0.2) is 66.7 Å². The van der Waals surface area contributed by atoms with Gasteiger partial charge in [0.1, 0.15) is 5.75 Å². The molecule has 1 amide bonds. The number of carbonyl (C=O) groups is 1. The number of methoxy groups -OCH3 is 1. The van der Waals surface area contributed by atoms with Gasteiger partial charge >= 0.3 is 0 Å². The van der Waals surface area contributed by atoms with Gasteiger partial charge in [-0.3, -0.25) is 4.79 Å². The number of phenolic OH excluding ortho intramolecular Hbond substituents is 1. The monoisotopic (exact) mass is 458 g/mol. The van der Waals surface area contributed by atoms with Crippen molar-refractivity contribution < 1.29 is 14.6 Å². The number of likely N-dealkylation sites (N-methyl/N-ethyl adjacent to an activating group) is 1. The summed E-state index contributed by atoms with van der Waals surface area (Å²) in [6.45, 7) is 1.80. The van der Waals surface area contributed by atoms with Crippen molar-refractivity contribution >= 4 is 16.7 Å². The summed E-state index contributed by atoms with van der Waals surface area (Å²) in [7, 11) is 5.91. The van der Waals surface area contributed by atoms with Gasteiger partial charge in [-0.2, -0.15) is 0 Å². The number of rotatable bonds is 4. The Balaban J connectivity index is 1.49. The number of aromatic hydroxyl groups is 1. The minimum Gasteiger partial charge on any atom is -0.508 e. The van der Waals surface area contributed by atoms with E-state index < -0.39 is 0 Å². The Morgan fingerprint density at radius 1 is 1.06 bits per heavy atom. The maximum atomic E-state index is 13.6. The van der Waals surface area contributed by atoms with E-state index in [2.05, 4.69) is 30.1 Å². The third kappa shape index (κ3) is 3.68. The van der Waals surface area contributed by atoms with Gasteiger partial charge in [-0.15, -0.1) is 0 Å². The number of hydrogen-bond donors (Lipinski definition) is 1. The van der Waals surface area contributed by atoms with Crippen LogP contribution in [0.2, 0.25) is 0 Å². The smallest absolute Gasteiger partial charge is 0.253 e. The quantitative estimate of drug-likeness (QED) is 0.609. The number of benzene rings is 3. The fourth-order valence-electron chi connectivity index (χ4n) is 6.50. The first-order valence-electron chi connectivity index (χ1n) is 12.2. The van der Waals surface area contributed by atoms with Gasteiger partial charge in [-0.25, -0.2) is 0 Å². The van der Waals surface area contributed by atoms with Crippen molar-refractivity contribution in [2.75, 3.05) is 34.3 Å². The lowest BCUT2D eigenvalue weighted by Gasteiger charge is -2.60. The number of phenols is 1. The van der Waals surface area contributed by atoms with Gasteiger partial charge < -0.3 is 19.6 Å². The average Bonchev–Trinajstić information content (AvgIpc) is 2.87. The molecule has 1 saturated carbocycles. The van der Waals surface area contributed by atoms with Crippen LogP contribution in [0.1, 0.15) is 41.6 Å². The van der Waals surface area contributed by atoms with Gasteiger partial charge in [0.05, 0.1) is 5.60 Å². The first-order chi connectivity index (χ1) is 16.4. The number of amides is 1. The fourth-order valence-corrected chi connectivity index (χ4v) is 6.50. The van der Waals surface area contributed by atoms with Crippen LogP contribution in [0.25, 0.3) is 10.8 Å². The van der Waals surface area contributed by atoms with E-state index in [4.69, 9.17) is 4.74 Å². The fraction of sp³-hybridized carbons (Fsp3) is 0.414. The highest BCUT2D eigenvalue weighted by molar-refractivity contribution is 5.98. The van der Waals surface area contributed by atoms with Crippen LogP contribution in [0.5, 0.6) is 5.75 Å². The van der Waals surface area contributed by atoms with Crippen LogP contribution in [-0.4, -0.2) is 66.8 Å². The van der Waals surface area contributed by atoms with Crippen LogP contribution in [-0.2, 0) is 10.2 Å². The molecule has 178 valence electrons. The molecule has 3 atom stereocenters. The second kappa shape index (κ2) is 8.71. The van der Waals surface area contributed by atoms with E-state index in [1.54, 1.807) is 6.07 Å². The van der Waals surface area contributed by atoms with Crippen LogP contribution in [0, 0.1) is 0 Å². The Bertz CT molecular complexity index is 1210. The van der Waals surface area contributed by atoms with E-state index in [-0.39, 0.29) is 28.7 Å². The molecule has 5 heteroatoms. The molecule has 1 aliphatic carbocycles. The molecule has 0 aromatic heterocycles. The summed E-state index contributed by atoms with van der Waals surface area (Å²) in [5.41, 5.74) is 1.21. The van der Waals surface area contributed by atoms with E-state index in [1.807, 2.05) is 61.5 Å². The number of carbonyl (C=O) groups excluding carboxylic acids is 1. The molecule has 34 heavy (non-hydrogen) atoms. The van der Waals surface area contributed by atoms with Crippen LogP contribution in [0.3, 0.4) is 0 Å². The molecular weight excluding hydrogens is 424 g/mol. The van der Waals surface area contributed by atoms with Crippen molar-refractivity contribution in [2.24, 2.45) is 0 Å². The van der Waals surface area contributed by atoms with Gasteiger partial charge in [0, 0.05) is 37.7 Å². The number of hydrogen-bond acceptors (Lipinski definition) is 4. The summed E-state index contributed by atoms with van der Waals surface area (Å²) in [5.74, 6) is 0.332. The number of likely N-dealkylation sites (tertiary alicyclic amines) is 1. The molecule has 1 aliphatic heterocycles. The van der Waals surface area contributed by atoms with Crippen molar-refractivity contribution in [3.63, 3.8) is 0 Å². The normalized spacial score (nSPS) is 27.3. The zero-order valence-electron chi connectivity index (χ0n) is 20.3. The molecule has 1 saturated heterocycles. The molecule has 0 spiro atoms. The first kappa shape index (κ1) is 22.9. The summed E-state index contributed by atoms with van der Waals surface area (Å²) in [4.78, 5) is 17.9. The van der Waals surface area contributed by atoms with Crippen LogP contribution >= 0.6 is 0 Å². The van der Waals surface area contributed by atoms with E-state index in [0.29, 0.717) is 0 Å². The molecule has 0 radical (unpaired) electrons. The summed E-state index contributed by atoms with van der Waals surface area (Å²) < 4.78 is 6.35. The van der Waals surface area contributed by atoms with E-state index in [1.165, 1.54) is 0 Å². The summed E-state index contributed by atoms with van der Waals surface area (Å²) in [6, 6.07) is 21.8. The first-order valence-corrected chi connectivity index (χ1v) is 12.2. The lowest BCUT2D eigenvalue weighted by molar-refractivity contribution is -0.149. The Labute approximate surface area is 201 Å². The second-order valence-corrected chi connectivity index (χ2v) is 10.2. The standard InChI is InChI=1S/C29H34N2O3/c1-30-16-15-28(24-9-6-10-26(32)18-24)19-25(13-14-29(28,20-30)34-3)31(2)27(33)23-12-11-21-7-4-5-8-22(21)17-23/h4-12,17-18,25,32H,13-16,19-20H2,1-3H3. The van der Waals surface area contributed by atoms with Crippen molar-refractivity contribution in [3.8, 4) is 5.75 Å². The molecule has 2 aliphatic rings.